The maximum atomic E-state index is 12.0. The Bertz CT molecular complexity index is 831. The van der Waals surface area contributed by atoms with Crippen LogP contribution in [0.5, 0.6) is 0 Å². The summed E-state index contributed by atoms with van der Waals surface area (Å²) in [6.07, 6.45) is 0. The summed E-state index contributed by atoms with van der Waals surface area (Å²) < 4.78 is 4.87. The van der Waals surface area contributed by atoms with Gasteiger partial charge in [-0.25, -0.2) is 4.79 Å². The van der Waals surface area contributed by atoms with Crippen molar-refractivity contribution in [1.82, 2.24) is 0 Å². The van der Waals surface area contributed by atoms with Crippen molar-refractivity contribution in [1.29, 1.82) is 0 Å². The zero-order chi connectivity index (χ0) is 18.6. The number of aryl methyl sites for hydroxylation is 2. The van der Waals surface area contributed by atoms with Crippen molar-refractivity contribution in [2.45, 2.75) is 13.8 Å². The number of nitro groups is 1. The van der Waals surface area contributed by atoms with Gasteiger partial charge in [-0.1, -0.05) is 29.8 Å². The zero-order valence-corrected chi connectivity index (χ0v) is 14.3. The largest absolute Gasteiger partial charge is 0.452 e. The van der Waals surface area contributed by atoms with Crippen molar-refractivity contribution >= 4 is 34.9 Å². The molecule has 1 amide bonds. The van der Waals surface area contributed by atoms with E-state index in [4.69, 9.17) is 16.3 Å². The lowest BCUT2D eigenvalue weighted by Crippen LogP contribution is -2.22. The maximum Gasteiger partial charge on any atom is 0.345 e. The molecule has 0 spiro atoms. The molecule has 0 radical (unpaired) electrons. The predicted molar refractivity (Wildman–Crippen MR) is 92.9 cm³/mol. The summed E-state index contributed by atoms with van der Waals surface area (Å²) in [5.41, 5.74) is 1.62. The second-order valence-electron chi connectivity index (χ2n) is 5.31. The van der Waals surface area contributed by atoms with E-state index in [-0.39, 0.29) is 10.6 Å². The molecule has 8 heteroatoms. The first kappa shape index (κ1) is 18.4. The molecule has 2 aromatic carbocycles. The lowest BCUT2D eigenvalue weighted by molar-refractivity contribution is -0.385. The van der Waals surface area contributed by atoms with Crippen molar-refractivity contribution in [3.8, 4) is 0 Å². The van der Waals surface area contributed by atoms with Crippen molar-refractivity contribution in [3.05, 3.63) is 68.2 Å². The zero-order valence-electron chi connectivity index (χ0n) is 13.5. The number of esters is 1. The summed E-state index contributed by atoms with van der Waals surface area (Å²) in [4.78, 5) is 34.3. The van der Waals surface area contributed by atoms with Gasteiger partial charge in [-0.05, 0) is 37.1 Å². The molecule has 130 valence electrons. The number of rotatable bonds is 5. The van der Waals surface area contributed by atoms with Gasteiger partial charge in [0.1, 0.15) is 5.56 Å². The van der Waals surface area contributed by atoms with Crippen LogP contribution in [0, 0.1) is 24.0 Å². The van der Waals surface area contributed by atoms with Gasteiger partial charge in [-0.15, -0.1) is 0 Å². The Kier molecular flexibility index (Phi) is 5.71. The highest BCUT2D eigenvalue weighted by atomic mass is 35.5. The lowest BCUT2D eigenvalue weighted by Gasteiger charge is -2.11. The first-order chi connectivity index (χ1) is 11.8. The summed E-state index contributed by atoms with van der Waals surface area (Å²) in [5, 5.41) is 13.8. The number of hydrogen-bond acceptors (Lipinski definition) is 5. The number of anilines is 1. The molecule has 0 aliphatic carbocycles. The highest BCUT2D eigenvalue weighted by Gasteiger charge is 2.22. The van der Waals surface area contributed by atoms with Crippen LogP contribution < -0.4 is 5.32 Å². The summed E-state index contributed by atoms with van der Waals surface area (Å²) in [5.74, 6) is -1.54. The van der Waals surface area contributed by atoms with E-state index in [2.05, 4.69) is 5.32 Å². The molecule has 2 aromatic rings. The minimum atomic E-state index is -0.995. The molecule has 0 bridgehead atoms. The fourth-order valence-corrected chi connectivity index (χ4v) is 2.40. The molecular formula is C17H15ClN2O5. The Morgan fingerprint density at radius 2 is 1.84 bits per heavy atom. The summed E-state index contributed by atoms with van der Waals surface area (Å²) >= 11 is 5.76. The number of nitro benzene ring substituents is 1. The minimum absolute atomic E-state index is 0.150. The predicted octanol–water partition coefficient (Wildman–Crippen LogP) is 3.66. The quantitative estimate of drug-likeness (QED) is 0.497. The molecule has 2 rings (SSSR count). The summed E-state index contributed by atoms with van der Waals surface area (Å²) in [6, 6.07) is 9.07. The van der Waals surface area contributed by atoms with Gasteiger partial charge >= 0.3 is 5.97 Å². The minimum Gasteiger partial charge on any atom is -0.452 e. The molecule has 0 aromatic heterocycles. The topological polar surface area (TPSA) is 98.5 Å². The number of nitrogens with one attached hydrogen (secondary N) is 1. The Labute approximate surface area is 148 Å². The van der Waals surface area contributed by atoms with Crippen LogP contribution in [0.1, 0.15) is 21.5 Å². The van der Waals surface area contributed by atoms with E-state index in [1.54, 1.807) is 0 Å². The first-order valence-corrected chi connectivity index (χ1v) is 7.64. The molecule has 0 unspecified atom stereocenters. The molecule has 7 nitrogen and oxygen atoms in total. The fraction of sp³-hybridized carbons (Fsp3) is 0.176. The Morgan fingerprint density at radius 1 is 1.20 bits per heavy atom. The van der Waals surface area contributed by atoms with Crippen LogP contribution >= 0.6 is 11.6 Å². The average molecular weight is 363 g/mol. The van der Waals surface area contributed by atoms with Gasteiger partial charge in [0.25, 0.3) is 11.6 Å². The molecule has 0 heterocycles. The number of ether oxygens (including phenoxy) is 1. The van der Waals surface area contributed by atoms with E-state index < -0.39 is 29.1 Å². The van der Waals surface area contributed by atoms with Crippen molar-refractivity contribution in [2.24, 2.45) is 0 Å². The molecule has 0 atom stereocenters. The molecule has 25 heavy (non-hydrogen) atoms. The van der Waals surface area contributed by atoms with Crippen molar-refractivity contribution in [2.75, 3.05) is 11.9 Å². The third-order valence-corrected chi connectivity index (χ3v) is 3.69. The number of nitrogens with zero attached hydrogens (tertiary/aromatic N) is 1. The Hall–Kier alpha value is -2.93. The van der Waals surface area contributed by atoms with Crippen molar-refractivity contribution in [3.63, 3.8) is 0 Å². The third kappa shape index (κ3) is 4.54. The molecule has 0 fully saturated rings. The van der Waals surface area contributed by atoms with Gasteiger partial charge in [0, 0.05) is 16.8 Å². The van der Waals surface area contributed by atoms with Crippen LogP contribution in [0.3, 0.4) is 0 Å². The fourth-order valence-electron chi connectivity index (χ4n) is 2.23. The summed E-state index contributed by atoms with van der Waals surface area (Å²) in [7, 11) is 0. The van der Waals surface area contributed by atoms with Crippen LogP contribution in [0.25, 0.3) is 0 Å². The number of carbonyl (C=O) groups is 2. The van der Waals surface area contributed by atoms with E-state index in [1.165, 1.54) is 6.07 Å². The number of halogens is 1. The number of carbonyl (C=O) groups excluding carboxylic acids is 2. The average Bonchev–Trinajstić information content (AvgIpc) is 2.55. The third-order valence-electron chi connectivity index (χ3n) is 3.46. The monoisotopic (exact) mass is 362 g/mol. The molecule has 0 saturated carbocycles. The Morgan fingerprint density at radius 3 is 2.44 bits per heavy atom. The first-order valence-electron chi connectivity index (χ1n) is 7.26. The van der Waals surface area contributed by atoms with Crippen LogP contribution in [0.15, 0.2) is 36.4 Å². The number of amides is 1. The van der Waals surface area contributed by atoms with Crippen LogP contribution in [-0.4, -0.2) is 23.4 Å². The second kappa shape index (κ2) is 7.76. The second-order valence-corrected chi connectivity index (χ2v) is 5.75. The van der Waals surface area contributed by atoms with Crippen LogP contribution in [0.2, 0.25) is 5.02 Å². The molecule has 0 saturated heterocycles. The van der Waals surface area contributed by atoms with Crippen molar-refractivity contribution < 1.29 is 19.2 Å². The van der Waals surface area contributed by atoms with Gasteiger partial charge in [-0.2, -0.15) is 0 Å². The van der Waals surface area contributed by atoms with E-state index in [0.717, 1.165) is 23.3 Å². The molecular weight excluding hydrogens is 348 g/mol. The summed E-state index contributed by atoms with van der Waals surface area (Å²) in [6.45, 7) is 3.10. The van der Waals surface area contributed by atoms with Gasteiger partial charge < -0.3 is 10.1 Å². The maximum absolute atomic E-state index is 12.0. The highest BCUT2D eigenvalue weighted by molar-refractivity contribution is 6.31. The Balaban J connectivity index is 2.06. The number of benzene rings is 2. The molecule has 0 aliphatic heterocycles. The van der Waals surface area contributed by atoms with Crippen LogP contribution in [-0.2, 0) is 9.53 Å². The lowest BCUT2D eigenvalue weighted by atomic mass is 10.1. The van der Waals surface area contributed by atoms with Gasteiger partial charge in [0.2, 0.25) is 0 Å². The van der Waals surface area contributed by atoms with E-state index in [9.17, 15) is 19.7 Å². The SMILES string of the molecule is Cc1cccc(C)c1NC(=O)COC(=O)c1cc(Cl)ccc1[N+](=O)[O-]. The highest BCUT2D eigenvalue weighted by Crippen LogP contribution is 2.23. The molecule has 1 N–H and O–H groups in total. The van der Waals surface area contributed by atoms with Crippen LogP contribution in [0.4, 0.5) is 11.4 Å². The van der Waals surface area contributed by atoms with Gasteiger partial charge in [-0.3, -0.25) is 14.9 Å². The van der Waals surface area contributed by atoms with E-state index >= 15 is 0 Å². The smallest absolute Gasteiger partial charge is 0.345 e. The standard InChI is InChI=1S/C17H15ClN2O5/c1-10-4-3-5-11(2)16(10)19-15(21)9-25-17(22)13-8-12(18)6-7-14(13)20(23)24/h3-8H,9H2,1-2H3,(H,19,21). The van der Waals surface area contributed by atoms with Gasteiger partial charge in [0.05, 0.1) is 4.92 Å². The van der Waals surface area contributed by atoms with E-state index in [0.29, 0.717) is 5.69 Å². The van der Waals surface area contributed by atoms with E-state index in [1.807, 2.05) is 32.0 Å². The number of para-hydroxylation sites is 1. The normalized spacial score (nSPS) is 10.2. The number of hydrogen-bond donors (Lipinski definition) is 1. The van der Waals surface area contributed by atoms with Gasteiger partial charge in [0.15, 0.2) is 6.61 Å². The molecule has 0 aliphatic rings.